The van der Waals surface area contributed by atoms with E-state index in [2.05, 4.69) is 0 Å². The average Bonchev–Trinajstić information content (AvgIpc) is 2.47. The molecule has 0 atom stereocenters. The number of amides is 1. The fourth-order valence-corrected chi connectivity index (χ4v) is 2.62. The predicted molar refractivity (Wildman–Crippen MR) is 94.1 cm³/mol. The highest BCUT2D eigenvalue weighted by Crippen LogP contribution is 2.19. The zero-order chi connectivity index (χ0) is 15.7. The van der Waals surface area contributed by atoms with Gasteiger partial charge in [0.05, 0.1) is 11.5 Å². The number of benzene rings is 1. The van der Waals surface area contributed by atoms with E-state index in [0.717, 1.165) is 11.1 Å². The lowest BCUT2D eigenvalue weighted by Gasteiger charge is -2.16. The number of allylic oxidation sites excluding steroid dienone is 2. The number of thiocarbonyl (C=S) groups is 1. The fraction of sp³-hybridized carbons (Fsp3) is 0.250. The molecule has 1 N–H and O–H groups in total. The molecule has 5 heteroatoms. The van der Waals surface area contributed by atoms with Crippen molar-refractivity contribution < 1.29 is 9.90 Å². The molecule has 1 aromatic carbocycles. The largest absolute Gasteiger partial charge is 0.395 e. The molecule has 3 nitrogen and oxygen atoms in total. The van der Waals surface area contributed by atoms with Crippen molar-refractivity contribution in [1.29, 1.82) is 0 Å². The Bertz CT molecular complexity index is 538. The average molecular weight is 321 g/mol. The summed E-state index contributed by atoms with van der Waals surface area (Å²) in [7, 11) is 1.66. The molecule has 0 aliphatic rings. The van der Waals surface area contributed by atoms with E-state index in [9.17, 15) is 4.79 Å². The number of nitrogens with zero attached hydrogens (tertiary/aromatic N) is 1. The molecule has 1 rings (SSSR count). The van der Waals surface area contributed by atoms with Crippen molar-refractivity contribution in [2.75, 3.05) is 20.2 Å². The van der Waals surface area contributed by atoms with E-state index in [1.807, 2.05) is 49.4 Å². The van der Waals surface area contributed by atoms with Crippen LogP contribution in [-0.2, 0) is 4.79 Å². The zero-order valence-electron chi connectivity index (χ0n) is 12.2. The van der Waals surface area contributed by atoms with Gasteiger partial charge in [-0.05, 0) is 24.1 Å². The van der Waals surface area contributed by atoms with Crippen molar-refractivity contribution >= 4 is 40.7 Å². The van der Waals surface area contributed by atoms with Crippen LogP contribution in [0.4, 0.5) is 0 Å². The second kappa shape index (κ2) is 9.50. The van der Waals surface area contributed by atoms with Crippen LogP contribution in [0.15, 0.2) is 46.9 Å². The van der Waals surface area contributed by atoms with Gasteiger partial charge in [-0.15, -0.1) is 0 Å². The number of aliphatic hydroxyl groups excluding tert-OH is 1. The number of carbonyl (C=O) groups excluding carboxylic acids is 1. The first-order valence-electron chi connectivity index (χ1n) is 6.50. The third-order valence-electron chi connectivity index (χ3n) is 2.72. The Morgan fingerprint density at radius 1 is 1.38 bits per heavy atom. The summed E-state index contributed by atoms with van der Waals surface area (Å²) in [4.78, 5) is 14.3. The smallest absolute Gasteiger partial charge is 0.260 e. The topological polar surface area (TPSA) is 40.5 Å². The van der Waals surface area contributed by atoms with Crippen LogP contribution < -0.4 is 0 Å². The Kier molecular flexibility index (Phi) is 7.97. The maximum absolute atomic E-state index is 12.2. The Morgan fingerprint density at radius 3 is 2.62 bits per heavy atom. The molecule has 0 saturated heterocycles. The molecular weight excluding hydrogens is 302 g/mol. The highest BCUT2D eigenvalue weighted by Gasteiger charge is 2.14. The Balaban J connectivity index is 2.96. The summed E-state index contributed by atoms with van der Waals surface area (Å²) >= 11 is 6.05. The number of likely N-dealkylation sites (N-methyl/N-ethyl adjacent to an activating group) is 1. The van der Waals surface area contributed by atoms with Crippen molar-refractivity contribution in [3.05, 3.63) is 52.4 Å². The van der Waals surface area contributed by atoms with E-state index in [1.165, 1.54) is 21.4 Å². The summed E-state index contributed by atoms with van der Waals surface area (Å²) in [5, 5.41) is 8.91. The van der Waals surface area contributed by atoms with Crippen molar-refractivity contribution in [3.63, 3.8) is 0 Å². The van der Waals surface area contributed by atoms with Gasteiger partial charge in [-0.25, -0.2) is 0 Å². The van der Waals surface area contributed by atoms with E-state index < -0.39 is 0 Å². The number of thioether (sulfide) groups is 1. The van der Waals surface area contributed by atoms with Gasteiger partial charge in [0.15, 0.2) is 0 Å². The van der Waals surface area contributed by atoms with Gasteiger partial charge in [0.2, 0.25) is 0 Å². The molecule has 0 aromatic heterocycles. The van der Waals surface area contributed by atoms with Gasteiger partial charge < -0.3 is 10.0 Å². The van der Waals surface area contributed by atoms with Gasteiger partial charge in [-0.2, -0.15) is 0 Å². The number of aliphatic hydroxyl groups is 1. The molecule has 1 aromatic rings. The third kappa shape index (κ3) is 6.25. The number of carbonyl (C=O) groups is 1. The molecule has 0 aliphatic carbocycles. The number of rotatable bonds is 7. The van der Waals surface area contributed by atoms with Crippen LogP contribution in [0.2, 0.25) is 0 Å². The standard InChI is InChI=1S/C16H19NO2S2/c1-13(10-14-6-4-3-5-7-14)11-15(21-12-20)16(19)17(2)8-9-18/h3-7,10-12,18H,8-9H2,1-2H3/b13-10+,15-11-. The summed E-state index contributed by atoms with van der Waals surface area (Å²) in [6, 6.07) is 9.90. The minimum Gasteiger partial charge on any atom is -0.395 e. The van der Waals surface area contributed by atoms with Crippen LogP contribution in [0.1, 0.15) is 12.5 Å². The Labute approximate surface area is 135 Å². The van der Waals surface area contributed by atoms with Gasteiger partial charge in [0, 0.05) is 18.3 Å². The second-order valence-corrected chi connectivity index (χ2v) is 5.92. The van der Waals surface area contributed by atoms with Gasteiger partial charge in [-0.1, -0.05) is 60.4 Å². The molecule has 1 amide bonds. The first-order chi connectivity index (χ1) is 10.1. The lowest BCUT2D eigenvalue weighted by Crippen LogP contribution is -2.30. The molecule has 0 bridgehead atoms. The molecule has 0 aliphatic heterocycles. The van der Waals surface area contributed by atoms with Crippen molar-refractivity contribution in [2.45, 2.75) is 6.92 Å². The van der Waals surface area contributed by atoms with Crippen LogP contribution in [0, 0.1) is 0 Å². The normalized spacial score (nSPS) is 12.1. The highest BCUT2D eigenvalue weighted by molar-refractivity contribution is 8.23. The zero-order valence-corrected chi connectivity index (χ0v) is 13.8. The van der Waals surface area contributed by atoms with Gasteiger partial charge in [0.1, 0.15) is 0 Å². The first kappa shape index (κ1) is 17.6. The molecule has 0 fully saturated rings. The van der Waals surface area contributed by atoms with Crippen molar-refractivity contribution in [3.8, 4) is 0 Å². The van der Waals surface area contributed by atoms with Crippen LogP contribution in [0.3, 0.4) is 0 Å². The van der Waals surface area contributed by atoms with Gasteiger partial charge in [0.25, 0.3) is 5.91 Å². The summed E-state index contributed by atoms with van der Waals surface area (Å²) in [5.41, 5.74) is 2.04. The quantitative estimate of drug-likeness (QED) is 0.476. The van der Waals surface area contributed by atoms with E-state index in [-0.39, 0.29) is 12.5 Å². The lowest BCUT2D eigenvalue weighted by atomic mass is 10.1. The number of hydrogen-bond acceptors (Lipinski definition) is 4. The minimum absolute atomic E-state index is 0.0589. The van der Waals surface area contributed by atoms with Crippen LogP contribution in [-0.4, -0.2) is 40.8 Å². The van der Waals surface area contributed by atoms with E-state index in [1.54, 1.807) is 7.05 Å². The van der Waals surface area contributed by atoms with Crippen LogP contribution in [0.5, 0.6) is 0 Å². The minimum atomic E-state index is -0.143. The second-order valence-electron chi connectivity index (χ2n) is 4.47. The molecule has 0 radical (unpaired) electrons. The SMILES string of the molecule is CC(/C=C(\SC=S)C(=O)N(C)CCO)=C\c1ccccc1. The number of hydrogen-bond donors (Lipinski definition) is 1. The maximum atomic E-state index is 12.2. The van der Waals surface area contributed by atoms with E-state index >= 15 is 0 Å². The molecular formula is C16H19NO2S2. The highest BCUT2D eigenvalue weighted by atomic mass is 32.2. The molecule has 0 unspecified atom stereocenters. The van der Waals surface area contributed by atoms with Crippen molar-refractivity contribution in [2.24, 2.45) is 0 Å². The third-order valence-corrected chi connectivity index (χ3v) is 3.65. The molecule has 112 valence electrons. The Morgan fingerprint density at radius 2 is 2.05 bits per heavy atom. The summed E-state index contributed by atoms with van der Waals surface area (Å²) in [6.45, 7) is 2.18. The van der Waals surface area contributed by atoms with Crippen molar-refractivity contribution in [1.82, 2.24) is 4.90 Å². The monoisotopic (exact) mass is 321 g/mol. The lowest BCUT2D eigenvalue weighted by molar-refractivity contribution is -0.125. The Hall–Kier alpha value is -1.43. The molecule has 0 spiro atoms. The molecule has 21 heavy (non-hydrogen) atoms. The summed E-state index contributed by atoms with van der Waals surface area (Å²) < 4.78 is 1.46. The van der Waals surface area contributed by atoms with Crippen LogP contribution in [0.25, 0.3) is 6.08 Å². The van der Waals surface area contributed by atoms with Gasteiger partial charge in [-0.3, -0.25) is 4.79 Å². The summed E-state index contributed by atoms with van der Waals surface area (Å²) in [5.74, 6) is -0.143. The predicted octanol–water partition coefficient (Wildman–Crippen LogP) is 3.11. The van der Waals surface area contributed by atoms with E-state index in [0.29, 0.717) is 11.4 Å². The van der Waals surface area contributed by atoms with Gasteiger partial charge >= 0.3 is 0 Å². The van der Waals surface area contributed by atoms with E-state index in [4.69, 9.17) is 17.3 Å². The molecule has 0 heterocycles. The maximum Gasteiger partial charge on any atom is 0.260 e. The van der Waals surface area contributed by atoms with Crippen LogP contribution >= 0.6 is 24.0 Å². The summed E-state index contributed by atoms with van der Waals surface area (Å²) in [6.07, 6.45) is 3.82. The molecule has 0 saturated carbocycles. The first-order valence-corrected chi connectivity index (χ1v) is 7.85. The fourth-order valence-electron chi connectivity index (χ4n) is 1.70.